The number of H-pyrrole nitrogens is 1. The zero-order valence-corrected chi connectivity index (χ0v) is 15.1. The van der Waals surface area contributed by atoms with Crippen LogP contribution in [0.3, 0.4) is 0 Å². The molecule has 138 valence electrons. The fraction of sp³-hybridized carbons (Fsp3) is 0.200. The molecule has 0 fully saturated rings. The number of para-hydroxylation sites is 1. The molecule has 0 aliphatic heterocycles. The Kier molecular flexibility index (Phi) is 4.77. The highest BCUT2D eigenvalue weighted by atomic mass is 16.6. The van der Waals surface area contributed by atoms with Crippen molar-refractivity contribution in [3.8, 4) is 0 Å². The predicted octanol–water partition coefficient (Wildman–Crippen LogP) is 4.12. The molecule has 1 N–H and O–H groups in total. The van der Waals surface area contributed by atoms with Crippen molar-refractivity contribution in [3.05, 3.63) is 75.0 Å². The van der Waals surface area contributed by atoms with Gasteiger partial charge >= 0.3 is 5.97 Å². The van der Waals surface area contributed by atoms with Crippen molar-refractivity contribution in [2.75, 3.05) is 0 Å². The molecule has 0 radical (unpaired) electrons. The summed E-state index contributed by atoms with van der Waals surface area (Å²) in [5.74, 6) is -1.11. The van der Waals surface area contributed by atoms with Gasteiger partial charge in [-0.15, -0.1) is 0 Å². The van der Waals surface area contributed by atoms with Gasteiger partial charge in [-0.3, -0.25) is 14.9 Å². The van der Waals surface area contributed by atoms with E-state index in [2.05, 4.69) is 4.98 Å². The van der Waals surface area contributed by atoms with Crippen LogP contribution in [0.25, 0.3) is 10.9 Å². The van der Waals surface area contributed by atoms with Crippen LogP contribution in [0.5, 0.6) is 0 Å². The number of aromatic amines is 1. The first-order valence-electron chi connectivity index (χ1n) is 8.37. The number of ketones is 1. The number of ether oxygens (including phenoxy) is 1. The summed E-state index contributed by atoms with van der Waals surface area (Å²) in [6.45, 7) is 4.86. The molecule has 7 heteroatoms. The maximum Gasteiger partial charge on any atom is 0.339 e. The van der Waals surface area contributed by atoms with Gasteiger partial charge in [0.1, 0.15) is 0 Å². The number of carbonyl (C=O) groups excluding carboxylic acids is 2. The van der Waals surface area contributed by atoms with E-state index in [0.717, 1.165) is 17.0 Å². The number of nitrogens with one attached hydrogen (secondary N) is 1. The molecule has 0 bridgehead atoms. The standard InChI is InChI=1S/C20H18N2O5/c1-11-8-9-14(10-17(11)22(25)26)20(24)27-13(3)19(23)18-12(2)21-16-7-5-4-6-15(16)18/h4-10,13,21H,1-3H3. The van der Waals surface area contributed by atoms with E-state index in [-0.39, 0.29) is 17.0 Å². The van der Waals surface area contributed by atoms with Crippen molar-refractivity contribution in [2.24, 2.45) is 0 Å². The first kappa shape index (κ1) is 18.3. The number of rotatable bonds is 5. The van der Waals surface area contributed by atoms with E-state index in [1.165, 1.54) is 19.1 Å². The Labute approximate surface area is 155 Å². The van der Waals surface area contributed by atoms with Crippen LogP contribution in [0.15, 0.2) is 42.5 Å². The van der Waals surface area contributed by atoms with Gasteiger partial charge in [-0.2, -0.15) is 0 Å². The van der Waals surface area contributed by atoms with Crippen molar-refractivity contribution < 1.29 is 19.2 Å². The molecule has 1 heterocycles. The highest BCUT2D eigenvalue weighted by Gasteiger charge is 2.25. The summed E-state index contributed by atoms with van der Waals surface area (Å²) >= 11 is 0. The van der Waals surface area contributed by atoms with Crippen LogP contribution in [0, 0.1) is 24.0 Å². The van der Waals surface area contributed by atoms with Crippen LogP contribution in [0.1, 0.15) is 38.9 Å². The van der Waals surface area contributed by atoms with Crippen LogP contribution in [-0.2, 0) is 4.74 Å². The van der Waals surface area contributed by atoms with Gasteiger partial charge < -0.3 is 9.72 Å². The number of hydrogen-bond donors (Lipinski definition) is 1. The summed E-state index contributed by atoms with van der Waals surface area (Å²) in [6.07, 6.45) is -1.03. The number of nitro groups is 1. The molecule has 7 nitrogen and oxygen atoms in total. The normalized spacial score (nSPS) is 12.0. The van der Waals surface area contributed by atoms with Crippen molar-refractivity contribution in [3.63, 3.8) is 0 Å². The fourth-order valence-electron chi connectivity index (χ4n) is 3.01. The zero-order chi connectivity index (χ0) is 19.7. The summed E-state index contributed by atoms with van der Waals surface area (Å²) in [6, 6.07) is 11.5. The molecule has 0 saturated heterocycles. The van der Waals surface area contributed by atoms with E-state index in [1.54, 1.807) is 13.8 Å². The Hall–Kier alpha value is -3.48. The summed E-state index contributed by atoms with van der Waals surface area (Å²) in [7, 11) is 0. The number of aryl methyl sites for hydroxylation is 2. The van der Waals surface area contributed by atoms with Crippen molar-refractivity contribution >= 4 is 28.3 Å². The second kappa shape index (κ2) is 7.03. The Balaban J connectivity index is 1.84. The molecule has 1 atom stereocenters. The Morgan fingerprint density at radius 1 is 1.15 bits per heavy atom. The van der Waals surface area contributed by atoms with Gasteiger partial charge in [0.2, 0.25) is 5.78 Å². The molecular formula is C20H18N2O5. The lowest BCUT2D eigenvalue weighted by atomic mass is 10.0. The number of fused-ring (bicyclic) bond motifs is 1. The summed E-state index contributed by atoms with van der Waals surface area (Å²) in [5.41, 5.74) is 2.29. The van der Waals surface area contributed by atoms with E-state index < -0.39 is 17.0 Å². The van der Waals surface area contributed by atoms with Gasteiger partial charge in [-0.25, -0.2) is 4.79 Å². The van der Waals surface area contributed by atoms with Crippen LogP contribution in [-0.4, -0.2) is 27.8 Å². The third-order valence-electron chi connectivity index (χ3n) is 4.43. The zero-order valence-electron chi connectivity index (χ0n) is 15.1. The van der Waals surface area contributed by atoms with Gasteiger partial charge in [0.05, 0.1) is 10.5 Å². The molecule has 2 aromatic carbocycles. The number of esters is 1. The highest BCUT2D eigenvalue weighted by Crippen LogP contribution is 2.25. The highest BCUT2D eigenvalue weighted by molar-refractivity contribution is 6.11. The monoisotopic (exact) mass is 366 g/mol. The number of Topliss-reactive ketones (excluding diaryl/α,β-unsaturated/α-hetero) is 1. The van der Waals surface area contributed by atoms with E-state index in [9.17, 15) is 19.7 Å². The Morgan fingerprint density at radius 3 is 2.56 bits per heavy atom. The maximum atomic E-state index is 12.8. The van der Waals surface area contributed by atoms with Gasteiger partial charge in [0, 0.05) is 33.8 Å². The first-order valence-corrected chi connectivity index (χ1v) is 8.37. The number of carbonyl (C=O) groups is 2. The van der Waals surface area contributed by atoms with Gasteiger partial charge in [-0.05, 0) is 32.9 Å². The second-order valence-corrected chi connectivity index (χ2v) is 6.34. The smallest absolute Gasteiger partial charge is 0.339 e. The van der Waals surface area contributed by atoms with Crippen LogP contribution in [0.4, 0.5) is 5.69 Å². The summed E-state index contributed by atoms with van der Waals surface area (Å²) < 4.78 is 5.28. The van der Waals surface area contributed by atoms with Crippen molar-refractivity contribution in [1.29, 1.82) is 0 Å². The molecular weight excluding hydrogens is 348 g/mol. The molecule has 0 aliphatic rings. The third kappa shape index (κ3) is 3.44. The van der Waals surface area contributed by atoms with Crippen LogP contribution < -0.4 is 0 Å². The minimum atomic E-state index is -1.03. The predicted molar refractivity (Wildman–Crippen MR) is 100 cm³/mol. The minimum absolute atomic E-state index is 0.0302. The minimum Gasteiger partial charge on any atom is -0.451 e. The van der Waals surface area contributed by atoms with Crippen LogP contribution >= 0.6 is 0 Å². The molecule has 0 aliphatic carbocycles. The lowest BCUT2D eigenvalue weighted by Crippen LogP contribution is -2.25. The number of aromatic nitrogens is 1. The van der Waals surface area contributed by atoms with E-state index in [0.29, 0.717) is 16.8 Å². The quantitative estimate of drug-likeness (QED) is 0.317. The maximum absolute atomic E-state index is 12.8. The number of nitro benzene ring substituents is 1. The summed E-state index contributed by atoms with van der Waals surface area (Å²) in [5, 5.41) is 11.8. The molecule has 1 unspecified atom stereocenters. The molecule has 0 spiro atoms. The van der Waals surface area contributed by atoms with Crippen molar-refractivity contribution in [2.45, 2.75) is 26.9 Å². The van der Waals surface area contributed by atoms with Crippen molar-refractivity contribution in [1.82, 2.24) is 4.98 Å². The lowest BCUT2D eigenvalue weighted by Gasteiger charge is -2.13. The average molecular weight is 366 g/mol. The lowest BCUT2D eigenvalue weighted by molar-refractivity contribution is -0.385. The molecule has 3 rings (SSSR count). The van der Waals surface area contributed by atoms with E-state index in [4.69, 9.17) is 4.74 Å². The summed E-state index contributed by atoms with van der Waals surface area (Å²) in [4.78, 5) is 38.8. The largest absolute Gasteiger partial charge is 0.451 e. The molecule has 1 aromatic heterocycles. The third-order valence-corrected chi connectivity index (χ3v) is 4.43. The van der Waals surface area contributed by atoms with E-state index in [1.807, 2.05) is 24.3 Å². The van der Waals surface area contributed by atoms with Crippen LogP contribution in [0.2, 0.25) is 0 Å². The second-order valence-electron chi connectivity index (χ2n) is 6.34. The number of hydrogen-bond acceptors (Lipinski definition) is 5. The van der Waals surface area contributed by atoms with E-state index >= 15 is 0 Å². The molecule has 0 amide bonds. The Morgan fingerprint density at radius 2 is 1.85 bits per heavy atom. The topological polar surface area (TPSA) is 102 Å². The van der Waals surface area contributed by atoms with Gasteiger partial charge in [0.15, 0.2) is 6.10 Å². The Bertz CT molecular complexity index is 1070. The molecule has 0 saturated carbocycles. The number of benzene rings is 2. The van der Waals surface area contributed by atoms with Gasteiger partial charge in [0.25, 0.3) is 5.69 Å². The van der Waals surface area contributed by atoms with Gasteiger partial charge in [-0.1, -0.05) is 24.3 Å². The fourth-order valence-corrected chi connectivity index (χ4v) is 3.01. The average Bonchev–Trinajstić information content (AvgIpc) is 2.96. The first-order chi connectivity index (χ1) is 12.8. The number of nitrogens with zero attached hydrogens (tertiary/aromatic N) is 1. The molecule has 27 heavy (non-hydrogen) atoms. The SMILES string of the molecule is Cc1ccc(C(=O)OC(C)C(=O)c2c(C)[nH]c3ccccc23)cc1[N+](=O)[O-]. The molecule has 3 aromatic rings.